The average Bonchev–Trinajstić information content (AvgIpc) is 2.60. The minimum absolute atomic E-state index is 0.178. The quantitative estimate of drug-likeness (QED) is 0.788. The highest BCUT2D eigenvalue weighted by Crippen LogP contribution is 2.31. The maximum atomic E-state index is 12.8. The Hall–Kier alpha value is -2.21. The molecule has 1 unspecified atom stereocenters. The van der Waals surface area contributed by atoms with Crippen LogP contribution >= 0.6 is 0 Å². The monoisotopic (exact) mass is 353 g/mol. The van der Waals surface area contributed by atoms with Crippen LogP contribution in [0.25, 0.3) is 0 Å². The molecule has 6 heteroatoms. The van der Waals surface area contributed by atoms with Gasteiger partial charge in [0.05, 0.1) is 19.8 Å². The summed E-state index contributed by atoms with van der Waals surface area (Å²) in [7, 11) is 3.16. The fraction of sp³-hybridized carbons (Fsp3) is 0.368. The Morgan fingerprint density at radius 2 is 1.72 bits per heavy atom. The Labute approximate surface area is 145 Å². The molecule has 1 N–H and O–H groups in total. The molecule has 0 fully saturated rings. The normalized spacial score (nSPS) is 12.7. The van der Waals surface area contributed by atoms with Gasteiger partial charge in [-0.1, -0.05) is 18.2 Å². The highest BCUT2D eigenvalue weighted by molar-refractivity contribution is 5.43. The molecule has 25 heavy (non-hydrogen) atoms. The molecule has 0 saturated heterocycles. The number of hydrogen-bond acceptors (Lipinski definition) is 3. The van der Waals surface area contributed by atoms with Gasteiger partial charge in [-0.3, -0.25) is 0 Å². The molecule has 0 heterocycles. The average molecular weight is 353 g/mol. The summed E-state index contributed by atoms with van der Waals surface area (Å²) >= 11 is 0. The highest BCUT2D eigenvalue weighted by atomic mass is 19.4. The zero-order chi connectivity index (χ0) is 18.4. The van der Waals surface area contributed by atoms with Crippen LogP contribution in [0.5, 0.6) is 11.5 Å². The molecule has 2 rings (SSSR count). The van der Waals surface area contributed by atoms with Gasteiger partial charge >= 0.3 is 6.18 Å². The van der Waals surface area contributed by atoms with Crippen LogP contribution in [-0.2, 0) is 12.6 Å². The number of benzene rings is 2. The number of hydrogen-bond donors (Lipinski definition) is 1. The van der Waals surface area contributed by atoms with Crippen molar-refractivity contribution in [1.29, 1.82) is 0 Å². The first-order valence-corrected chi connectivity index (χ1v) is 7.96. The Morgan fingerprint density at radius 3 is 2.36 bits per heavy atom. The third-order valence-corrected chi connectivity index (χ3v) is 4.03. The molecule has 0 spiro atoms. The molecule has 0 amide bonds. The van der Waals surface area contributed by atoms with Crippen LogP contribution in [0, 0.1) is 0 Å². The smallest absolute Gasteiger partial charge is 0.416 e. The molecule has 3 nitrogen and oxygen atoms in total. The Morgan fingerprint density at radius 1 is 1.00 bits per heavy atom. The van der Waals surface area contributed by atoms with Gasteiger partial charge in [-0.25, -0.2) is 0 Å². The summed E-state index contributed by atoms with van der Waals surface area (Å²) in [6.07, 6.45) is -3.60. The minimum atomic E-state index is -4.32. The van der Waals surface area contributed by atoms with Crippen molar-refractivity contribution in [3.63, 3.8) is 0 Å². The van der Waals surface area contributed by atoms with Gasteiger partial charge in [0.1, 0.15) is 0 Å². The second-order valence-corrected chi connectivity index (χ2v) is 5.74. The van der Waals surface area contributed by atoms with Gasteiger partial charge in [0.15, 0.2) is 11.5 Å². The van der Waals surface area contributed by atoms with Gasteiger partial charge in [0.2, 0.25) is 0 Å². The van der Waals surface area contributed by atoms with E-state index in [1.807, 2.05) is 25.1 Å². The van der Waals surface area contributed by atoms with Crippen LogP contribution in [-0.4, -0.2) is 20.8 Å². The maximum absolute atomic E-state index is 12.8. The molecule has 0 saturated carbocycles. The first kappa shape index (κ1) is 19.1. The molecule has 2 aromatic carbocycles. The van der Waals surface area contributed by atoms with E-state index >= 15 is 0 Å². The Bertz CT molecular complexity index is 701. The summed E-state index contributed by atoms with van der Waals surface area (Å²) in [6.45, 7) is 2.48. The highest BCUT2D eigenvalue weighted by Gasteiger charge is 2.30. The number of nitrogens with one attached hydrogen (secondary N) is 1. The SMILES string of the molecule is COc1ccc(CCNC(C)c2cccc(C(F)(F)F)c2)cc1OC. The Kier molecular flexibility index (Phi) is 6.31. The van der Waals surface area contributed by atoms with Gasteiger partial charge in [0.25, 0.3) is 0 Å². The molecule has 0 aliphatic carbocycles. The van der Waals surface area contributed by atoms with Crippen molar-refractivity contribution >= 4 is 0 Å². The number of methoxy groups -OCH3 is 2. The van der Waals surface area contributed by atoms with Crippen molar-refractivity contribution in [2.24, 2.45) is 0 Å². The van der Waals surface area contributed by atoms with Crippen LogP contribution < -0.4 is 14.8 Å². The van der Waals surface area contributed by atoms with E-state index < -0.39 is 11.7 Å². The van der Waals surface area contributed by atoms with E-state index in [2.05, 4.69) is 5.32 Å². The number of halogens is 3. The van der Waals surface area contributed by atoms with E-state index in [4.69, 9.17) is 9.47 Å². The van der Waals surface area contributed by atoms with Crippen molar-refractivity contribution in [3.05, 3.63) is 59.2 Å². The minimum Gasteiger partial charge on any atom is -0.493 e. The van der Waals surface area contributed by atoms with E-state index in [0.717, 1.165) is 18.1 Å². The van der Waals surface area contributed by atoms with E-state index in [1.165, 1.54) is 12.1 Å². The van der Waals surface area contributed by atoms with Crippen LogP contribution in [0.15, 0.2) is 42.5 Å². The first-order valence-electron chi connectivity index (χ1n) is 7.96. The van der Waals surface area contributed by atoms with E-state index in [-0.39, 0.29) is 6.04 Å². The van der Waals surface area contributed by atoms with Crippen LogP contribution in [0.2, 0.25) is 0 Å². The van der Waals surface area contributed by atoms with Crippen molar-refractivity contribution in [3.8, 4) is 11.5 Å². The van der Waals surface area contributed by atoms with Gasteiger partial charge in [-0.2, -0.15) is 13.2 Å². The molecule has 0 aromatic heterocycles. The lowest BCUT2D eigenvalue weighted by molar-refractivity contribution is -0.137. The summed E-state index contributed by atoms with van der Waals surface area (Å²) in [5, 5.41) is 3.25. The first-order chi connectivity index (χ1) is 11.8. The molecule has 2 aromatic rings. The molecule has 0 aliphatic rings. The summed E-state index contributed by atoms with van der Waals surface area (Å²) in [6, 6.07) is 10.9. The van der Waals surface area contributed by atoms with Crippen molar-refractivity contribution in [2.75, 3.05) is 20.8 Å². The lowest BCUT2D eigenvalue weighted by atomic mass is 10.0. The van der Waals surface area contributed by atoms with Gasteiger partial charge in [0, 0.05) is 6.04 Å². The number of alkyl halides is 3. The van der Waals surface area contributed by atoms with Crippen molar-refractivity contribution < 1.29 is 22.6 Å². The van der Waals surface area contributed by atoms with E-state index in [1.54, 1.807) is 20.3 Å². The zero-order valence-electron chi connectivity index (χ0n) is 14.5. The Balaban J connectivity index is 1.96. The molecule has 1 atom stereocenters. The molecule has 136 valence electrons. The summed E-state index contributed by atoms with van der Waals surface area (Å²) in [5.74, 6) is 1.32. The predicted molar refractivity (Wildman–Crippen MR) is 91.1 cm³/mol. The lowest BCUT2D eigenvalue weighted by Crippen LogP contribution is -2.21. The van der Waals surface area contributed by atoms with Gasteiger partial charge in [-0.05, 0) is 55.3 Å². The third kappa shape index (κ3) is 5.13. The van der Waals surface area contributed by atoms with Crippen molar-refractivity contribution in [1.82, 2.24) is 5.32 Å². The van der Waals surface area contributed by atoms with E-state index in [9.17, 15) is 13.2 Å². The second kappa shape index (κ2) is 8.25. The standard InChI is InChI=1S/C19H22F3NO2/c1-13(15-5-4-6-16(12-15)19(20,21)22)23-10-9-14-7-8-17(24-2)18(11-14)25-3/h4-8,11-13,23H,9-10H2,1-3H3. The van der Waals surface area contributed by atoms with Crippen LogP contribution in [0.3, 0.4) is 0 Å². The fourth-order valence-electron chi connectivity index (χ4n) is 2.57. The molecule has 0 aliphatic heterocycles. The number of ether oxygens (including phenoxy) is 2. The van der Waals surface area contributed by atoms with Gasteiger partial charge < -0.3 is 14.8 Å². The van der Waals surface area contributed by atoms with Gasteiger partial charge in [-0.15, -0.1) is 0 Å². The van der Waals surface area contributed by atoms with Crippen molar-refractivity contribution in [2.45, 2.75) is 25.6 Å². The van der Waals surface area contributed by atoms with E-state index in [0.29, 0.717) is 23.6 Å². The summed E-state index contributed by atoms with van der Waals surface area (Å²) in [4.78, 5) is 0. The molecular weight excluding hydrogens is 331 g/mol. The molecule has 0 bridgehead atoms. The third-order valence-electron chi connectivity index (χ3n) is 4.03. The maximum Gasteiger partial charge on any atom is 0.416 e. The topological polar surface area (TPSA) is 30.5 Å². The van der Waals surface area contributed by atoms with Crippen LogP contribution in [0.4, 0.5) is 13.2 Å². The summed E-state index contributed by atoms with van der Waals surface area (Å²) in [5.41, 5.74) is 1.04. The zero-order valence-corrected chi connectivity index (χ0v) is 14.5. The largest absolute Gasteiger partial charge is 0.493 e. The van der Waals surface area contributed by atoms with Crippen LogP contribution in [0.1, 0.15) is 29.7 Å². The predicted octanol–water partition coefficient (Wildman–Crippen LogP) is 4.62. The number of rotatable bonds is 7. The fourth-order valence-corrected chi connectivity index (χ4v) is 2.57. The second-order valence-electron chi connectivity index (χ2n) is 5.74. The lowest BCUT2D eigenvalue weighted by Gasteiger charge is -2.16. The molecular formula is C19H22F3NO2. The summed E-state index contributed by atoms with van der Waals surface area (Å²) < 4.78 is 48.9. The molecule has 0 radical (unpaired) electrons.